The highest BCUT2D eigenvalue weighted by molar-refractivity contribution is 7.99. The van der Waals surface area contributed by atoms with E-state index in [0.29, 0.717) is 23.3 Å². The number of oxazole rings is 1. The Kier molecular flexibility index (Phi) is 6.32. The van der Waals surface area contributed by atoms with Crippen molar-refractivity contribution in [1.82, 2.24) is 29.8 Å². The zero-order chi connectivity index (χ0) is 22.8. The van der Waals surface area contributed by atoms with E-state index in [9.17, 15) is 0 Å². The molecule has 0 fully saturated rings. The van der Waals surface area contributed by atoms with E-state index in [2.05, 4.69) is 50.8 Å². The summed E-state index contributed by atoms with van der Waals surface area (Å²) in [5, 5.41) is 4.33. The number of nitrogens with one attached hydrogen (secondary N) is 1. The second-order valence-electron chi connectivity index (χ2n) is 8.70. The second kappa shape index (κ2) is 9.52. The Morgan fingerprint density at radius 3 is 2.73 bits per heavy atom. The third kappa shape index (κ3) is 4.60. The minimum atomic E-state index is 0.402. The van der Waals surface area contributed by atoms with Gasteiger partial charge in [-0.3, -0.25) is 0 Å². The first-order chi connectivity index (χ1) is 16.1. The van der Waals surface area contributed by atoms with Crippen molar-refractivity contribution in [3.05, 3.63) is 42.0 Å². The van der Waals surface area contributed by atoms with Crippen LogP contribution in [0.3, 0.4) is 0 Å². The van der Waals surface area contributed by atoms with Crippen molar-refractivity contribution in [2.75, 3.05) is 12.3 Å². The summed E-state index contributed by atoms with van der Waals surface area (Å²) in [5.41, 5.74) is 11.4. The van der Waals surface area contributed by atoms with Gasteiger partial charge >= 0.3 is 0 Å². The lowest BCUT2D eigenvalue weighted by molar-refractivity contribution is 0.525. The van der Waals surface area contributed by atoms with Crippen molar-refractivity contribution in [2.24, 2.45) is 0 Å². The molecule has 0 saturated heterocycles. The number of rotatable bonds is 8. The fourth-order valence-corrected chi connectivity index (χ4v) is 5.39. The van der Waals surface area contributed by atoms with Crippen LogP contribution in [-0.4, -0.2) is 37.1 Å². The number of nitrogens with two attached hydrogens (primary N) is 1. The molecule has 0 saturated carbocycles. The number of aryl methyl sites for hydroxylation is 3. The summed E-state index contributed by atoms with van der Waals surface area (Å²) in [6.45, 7) is 6.01. The molecule has 172 valence electrons. The number of fused-ring (bicyclic) bond motifs is 2. The summed E-state index contributed by atoms with van der Waals surface area (Å²) in [6.07, 6.45) is 10.4. The van der Waals surface area contributed by atoms with Gasteiger partial charge in [-0.15, -0.1) is 0 Å². The number of hydrogen-bond donors (Lipinski definition) is 2. The first-order valence-corrected chi connectivity index (χ1v) is 12.4. The number of benzene rings is 1. The van der Waals surface area contributed by atoms with Gasteiger partial charge in [-0.2, -0.15) is 0 Å². The summed E-state index contributed by atoms with van der Waals surface area (Å²) >= 11 is 1.62. The molecule has 0 aliphatic heterocycles. The van der Waals surface area contributed by atoms with Crippen LogP contribution >= 0.6 is 11.8 Å². The smallest absolute Gasteiger partial charge is 0.227 e. The van der Waals surface area contributed by atoms with Gasteiger partial charge < -0.3 is 20.0 Å². The number of hydrogen-bond acceptors (Lipinski definition) is 8. The standard InChI is InChI=1S/C24H29N7OS/c1-15(2)26-8-5-10-31-22-20(21(25)28-14-29-22)30-24(31)33-19-13-17-7-4-3-6-16(17)12-18(19)23-27-9-11-32-23/h9,11-15,26H,3-8,10H2,1-2H3,(H2,25,28,29). The highest BCUT2D eigenvalue weighted by atomic mass is 32.2. The lowest BCUT2D eigenvalue weighted by Crippen LogP contribution is -2.24. The predicted octanol–water partition coefficient (Wildman–Crippen LogP) is 4.48. The minimum absolute atomic E-state index is 0.402. The molecule has 4 aromatic rings. The molecule has 0 unspecified atom stereocenters. The Labute approximate surface area is 197 Å². The molecule has 0 atom stereocenters. The van der Waals surface area contributed by atoms with E-state index in [-0.39, 0.29) is 0 Å². The maximum absolute atomic E-state index is 6.15. The van der Waals surface area contributed by atoms with Crippen LogP contribution in [0.15, 0.2) is 45.4 Å². The van der Waals surface area contributed by atoms with Gasteiger partial charge in [-0.05, 0) is 61.9 Å². The zero-order valence-corrected chi connectivity index (χ0v) is 19.9. The van der Waals surface area contributed by atoms with Crippen LogP contribution in [-0.2, 0) is 19.4 Å². The molecule has 3 heterocycles. The van der Waals surface area contributed by atoms with Gasteiger partial charge in [0.15, 0.2) is 22.1 Å². The molecule has 8 nitrogen and oxygen atoms in total. The van der Waals surface area contributed by atoms with Gasteiger partial charge in [0, 0.05) is 17.5 Å². The maximum atomic E-state index is 6.15. The van der Waals surface area contributed by atoms with E-state index in [1.165, 1.54) is 30.3 Å². The molecule has 33 heavy (non-hydrogen) atoms. The summed E-state index contributed by atoms with van der Waals surface area (Å²) in [5.74, 6) is 1.04. The van der Waals surface area contributed by atoms with Crippen LogP contribution in [0.2, 0.25) is 0 Å². The maximum Gasteiger partial charge on any atom is 0.227 e. The molecule has 1 aromatic carbocycles. The molecule has 1 aliphatic carbocycles. The summed E-state index contributed by atoms with van der Waals surface area (Å²) in [7, 11) is 0. The van der Waals surface area contributed by atoms with Crippen LogP contribution in [0.1, 0.15) is 44.2 Å². The van der Waals surface area contributed by atoms with Crippen LogP contribution in [0, 0.1) is 0 Å². The van der Waals surface area contributed by atoms with Gasteiger partial charge in [0.1, 0.15) is 12.6 Å². The van der Waals surface area contributed by atoms with Crippen molar-refractivity contribution in [3.63, 3.8) is 0 Å². The molecule has 0 bridgehead atoms. The van der Waals surface area contributed by atoms with Gasteiger partial charge in [-0.1, -0.05) is 25.6 Å². The first kappa shape index (κ1) is 21.9. The summed E-state index contributed by atoms with van der Waals surface area (Å²) < 4.78 is 7.85. The summed E-state index contributed by atoms with van der Waals surface area (Å²) in [4.78, 5) is 19.0. The zero-order valence-electron chi connectivity index (χ0n) is 19.0. The molecule has 3 aromatic heterocycles. The van der Waals surface area contributed by atoms with E-state index in [0.717, 1.165) is 53.6 Å². The third-order valence-corrected chi connectivity index (χ3v) is 7.00. The van der Waals surface area contributed by atoms with Gasteiger partial charge in [0.25, 0.3) is 0 Å². The monoisotopic (exact) mass is 463 g/mol. The van der Waals surface area contributed by atoms with Crippen LogP contribution in [0.5, 0.6) is 0 Å². The average molecular weight is 464 g/mol. The molecule has 1 aliphatic rings. The number of anilines is 1. The minimum Gasteiger partial charge on any atom is -0.444 e. The normalized spacial score (nSPS) is 13.7. The average Bonchev–Trinajstić information content (AvgIpc) is 3.45. The highest BCUT2D eigenvalue weighted by Crippen LogP contribution is 2.40. The molecule has 0 amide bonds. The Morgan fingerprint density at radius 2 is 1.97 bits per heavy atom. The number of nitrogens with zero attached hydrogens (tertiary/aromatic N) is 5. The lowest BCUT2D eigenvalue weighted by atomic mass is 9.90. The Morgan fingerprint density at radius 1 is 1.15 bits per heavy atom. The molecule has 0 spiro atoms. The highest BCUT2D eigenvalue weighted by Gasteiger charge is 2.21. The number of nitrogen functional groups attached to an aromatic ring is 1. The van der Waals surface area contributed by atoms with Gasteiger partial charge in [0.2, 0.25) is 5.89 Å². The van der Waals surface area contributed by atoms with E-state index in [4.69, 9.17) is 15.1 Å². The fraction of sp³-hybridized carbons (Fsp3) is 0.417. The lowest BCUT2D eigenvalue weighted by Gasteiger charge is -2.19. The van der Waals surface area contributed by atoms with Crippen molar-refractivity contribution in [3.8, 4) is 11.5 Å². The second-order valence-corrected chi connectivity index (χ2v) is 9.71. The molecule has 3 N–H and O–H groups in total. The van der Waals surface area contributed by atoms with Gasteiger partial charge in [-0.25, -0.2) is 19.9 Å². The Hall–Kier alpha value is -2.91. The van der Waals surface area contributed by atoms with Crippen molar-refractivity contribution < 1.29 is 4.42 Å². The van der Waals surface area contributed by atoms with Crippen LogP contribution < -0.4 is 11.1 Å². The van der Waals surface area contributed by atoms with Crippen LogP contribution in [0.25, 0.3) is 22.6 Å². The van der Waals surface area contributed by atoms with Gasteiger partial charge in [0.05, 0.1) is 11.8 Å². The topological polar surface area (TPSA) is 108 Å². The van der Waals surface area contributed by atoms with Crippen molar-refractivity contribution >= 4 is 28.7 Å². The number of aromatic nitrogens is 5. The third-order valence-electron chi connectivity index (χ3n) is 5.94. The predicted molar refractivity (Wildman–Crippen MR) is 130 cm³/mol. The number of imidazole rings is 1. The van der Waals surface area contributed by atoms with E-state index < -0.39 is 0 Å². The summed E-state index contributed by atoms with van der Waals surface area (Å²) in [6, 6.07) is 4.99. The largest absolute Gasteiger partial charge is 0.444 e. The van der Waals surface area contributed by atoms with E-state index in [1.807, 2.05) is 0 Å². The Bertz CT molecular complexity index is 1250. The molecular formula is C24H29N7OS. The molecule has 5 rings (SSSR count). The van der Waals surface area contributed by atoms with Crippen LogP contribution in [0.4, 0.5) is 5.82 Å². The quantitative estimate of drug-likeness (QED) is 0.368. The fourth-order valence-electron chi connectivity index (χ4n) is 4.31. The molecular weight excluding hydrogens is 434 g/mol. The first-order valence-electron chi connectivity index (χ1n) is 11.5. The molecule has 9 heteroatoms. The van der Waals surface area contributed by atoms with Crippen molar-refractivity contribution in [2.45, 2.75) is 68.6 Å². The molecule has 0 radical (unpaired) electrons. The van der Waals surface area contributed by atoms with E-state index in [1.54, 1.807) is 24.2 Å². The van der Waals surface area contributed by atoms with Crippen molar-refractivity contribution in [1.29, 1.82) is 0 Å². The SMILES string of the molecule is CC(C)NCCCn1c(Sc2cc3c(cc2-c2ncco2)CCCC3)nc2c(N)ncnc21. The Balaban J connectivity index is 1.55. The van der Waals surface area contributed by atoms with E-state index >= 15 is 0 Å².